The number of aliphatic hydroxyl groups is 1. The molecule has 192 valence electrons. The third-order valence-electron chi connectivity index (χ3n) is 6.07. The molecule has 36 heavy (non-hydrogen) atoms. The van der Waals surface area contributed by atoms with E-state index in [-0.39, 0.29) is 11.3 Å². The number of carbonyl (C=O) groups excluding carboxylic acids is 3. The molecule has 3 rings (SSSR count). The zero-order valence-corrected chi connectivity index (χ0v) is 21.3. The number of Topliss-reactive ketones (excluding diaryl/α,β-unsaturated/α-hetero) is 1. The molecule has 1 N–H and O–H groups in total. The van der Waals surface area contributed by atoms with Crippen molar-refractivity contribution in [3.05, 3.63) is 70.8 Å². The summed E-state index contributed by atoms with van der Waals surface area (Å²) < 4.78 is 10.5. The van der Waals surface area contributed by atoms with Crippen molar-refractivity contribution in [2.45, 2.75) is 32.2 Å². The molecule has 1 fully saturated rings. The number of unbranched alkanes of at least 4 members (excludes halogenated alkanes) is 1. The molecule has 0 saturated carbocycles. The Hall–Kier alpha value is -3.65. The minimum absolute atomic E-state index is 0.0152. The first-order valence-electron chi connectivity index (χ1n) is 12.1. The Morgan fingerprint density at radius 2 is 1.78 bits per heavy atom. The number of hydrogen-bond acceptors (Lipinski definition) is 7. The van der Waals surface area contributed by atoms with Gasteiger partial charge in [-0.2, -0.15) is 0 Å². The van der Waals surface area contributed by atoms with E-state index in [2.05, 4.69) is 6.92 Å². The second kappa shape index (κ2) is 12.4. The third kappa shape index (κ3) is 6.12. The van der Waals surface area contributed by atoms with E-state index < -0.39 is 23.7 Å². The third-order valence-corrected chi connectivity index (χ3v) is 6.07. The lowest BCUT2D eigenvalue weighted by Gasteiger charge is -2.26. The standard InChI is InChI=1S/C28H34N2O6/c1-5-6-17-36-22-10-7-9-21(18-22)25(31)23-24(19-11-13-20(14-12-19)28(34)35-4)30(27(33)26(23)32)16-8-15-29(2)3/h7,9-14,18,24,31H,5-6,8,15-17H2,1-4H3. The van der Waals surface area contributed by atoms with Crippen LogP contribution in [0.2, 0.25) is 0 Å². The van der Waals surface area contributed by atoms with E-state index in [0.717, 1.165) is 19.4 Å². The topological polar surface area (TPSA) is 96.4 Å². The zero-order chi connectivity index (χ0) is 26.2. The lowest BCUT2D eigenvalue weighted by atomic mass is 9.94. The molecular weight excluding hydrogens is 460 g/mol. The summed E-state index contributed by atoms with van der Waals surface area (Å²) in [6, 6.07) is 12.6. The van der Waals surface area contributed by atoms with Gasteiger partial charge in [-0.15, -0.1) is 0 Å². The van der Waals surface area contributed by atoms with Crippen molar-refractivity contribution in [3.63, 3.8) is 0 Å². The number of methoxy groups -OCH3 is 1. The average molecular weight is 495 g/mol. The molecule has 0 radical (unpaired) electrons. The van der Waals surface area contributed by atoms with Gasteiger partial charge in [0.15, 0.2) is 0 Å². The number of rotatable bonds is 11. The second-order valence-electron chi connectivity index (χ2n) is 8.99. The lowest BCUT2D eigenvalue weighted by molar-refractivity contribution is -0.139. The molecule has 1 unspecified atom stereocenters. The molecule has 8 heteroatoms. The van der Waals surface area contributed by atoms with Crippen LogP contribution in [0, 0.1) is 0 Å². The summed E-state index contributed by atoms with van der Waals surface area (Å²) in [7, 11) is 5.18. The quantitative estimate of drug-likeness (QED) is 0.166. The highest BCUT2D eigenvalue weighted by Crippen LogP contribution is 2.40. The molecule has 0 spiro atoms. The Morgan fingerprint density at radius 1 is 1.06 bits per heavy atom. The smallest absolute Gasteiger partial charge is 0.337 e. The highest BCUT2D eigenvalue weighted by Gasteiger charge is 2.45. The number of ketones is 1. The minimum Gasteiger partial charge on any atom is -0.507 e. The molecular formula is C28H34N2O6. The van der Waals surface area contributed by atoms with Gasteiger partial charge < -0.3 is 24.4 Å². The first kappa shape index (κ1) is 26.9. The first-order valence-corrected chi connectivity index (χ1v) is 12.1. The van der Waals surface area contributed by atoms with Gasteiger partial charge in [0.05, 0.1) is 30.9 Å². The largest absolute Gasteiger partial charge is 0.507 e. The van der Waals surface area contributed by atoms with Gasteiger partial charge in [0, 0.05) is 12.1 Å². The summed E-state index contributed by atoms with van der Waals surface area (Å²) in [5.74, 6) is -1.57. The van der Waals surface area contributed by atoms with E-state index in [0.29, 0.717) is 42.0 Å². The number of nitrogens with zero attached hydrogens (tertiary/aromatic N) is 2. The molecule has 1 aliphatic heterocycles. The van der Waals surface area contributed by atoms with Gasteiger partial charge in [-0.25, -0.2) is 4.79 Å². The van der Waals surface area contributed by atoms with Gasteiger partial charge in [0.1, 0.15) is 11.5 Å². The van der Waals surface area contributed by atoms with Crippen LogP contribution in [0.15, 0.2) is 54.1 Å². The normalized spacial score (nSPS) is 17.0. The van der Waals surface area contributed by atoms with Crippen LogP contribution in [0.3, 0.4) is 0 Å². The molecule has 0 aromatic heterocycles. The Balaban J connectivity index is 2.04. The van der Waals surface area contributed by atoms with E-state index in [9.17, 15) is 19.5 Å². The summed E-state index contributed by atoms with van der Waals surface area (Å²) in [5.41, 5.74) is 1.37. The Kier molecular flexibility index (Phi) is 9.25. The maximum Gasteiger partial charge on any atom is 0.337 e. The fourth-order valence-electron chi connectivity index (χ4n) is 4.16. The number of esters is 1. The molecule has 2 aromatic carbocycles. The van der Waals surface area contributed by atoms with Crippen molar-refractivity contribution in [2.24, 2.45) is 0 Å². The molecule has 1 heterocycles. The first-order chi connectivity index (χ1) is 17.3. The fourth-order valence-corrected chi connectivity index (χ4v) is 4.16. The van der Waals surface area contributed by atoms with E-state index in [1.807, 2.05) is 19.0 Å². The predicted molar refractivity (Wildman–Crippen MR) is 137 cm³/mol. The Bertz CT molecular complexity index is 1120. The Morgan fingerprint density at radius 3 is 2.42 bits per heavy atom. The molecule has 2 aromatic rings. The summed E-state index contributed by atoms with van der Waals surface area (Å²) in [4.78, 5) is 41.7. The van der Waals surface area contributed by atoms with Crippen molar-refractivity contribution < 1.29 is 29.0 Å². The van der Waals surface area contributed by atoms with Crippen LogP contribution in [0.1, 0.15) is 53.7 Å². The lowest BCUT2D eigenvalue weighted by Crippen LogP contribution is -2.32. The fraction of sp³-hybridized carbons (Fsp3) is 0.393. The highest BCUT2D eigenvalue weighted by molar-refractivity contribution is 6.46. The number of ether oxygens (including phenoxy) is 2. The van der Waals surface area contributed by atoms with E-state index in [1.165, 1.54) is 12.0 Å². The highest BCUT2D eigenvalue weighted by atomic mass is 16.5. The molecule has 1 atom stereocenters. The van der Waals surface area contributed by atoms with Crippen LogP contribution in [0.25, 0.3) is 5.76 Å². The van der Waals surface area contributed by atoms with Crippen molar-refractivity contribution in [2.75, 3.05) is 40.9 Å². The summed E-state index contributed by atoms with van der Waals surface area (Å²) in [5, 5.41) is 11.3. The van der Waals surface area contributed by atoms with Crippen molar-refractivity contribution in [1.82, 2.24) is 9.80 Å². The molecule has 8 nitrogen and oxygen atoms in total. The molecule has 0 bridgehead atoms. The second-order valence-corrected chi connectivity index (χ2v) is 8.99. The van der Waals surface area contributed by atoms with Crippen LogP contribution >= 0.6 is 0 Å². The Labute approximate surface area is 212 Å². The number of carbonyl (C=O) groups is 3. The maximum atomic E-state index is 13.2. The number of amides is 1. The minimum atomic E-state index is -0.788. The van der Waals surface area contributed by atoms with Gasteiger partial charge in [-0.3, -0.25) is 9.59 Å². The number of likely N-dealkylation sites (tertiary alicyclic amines) is 1. The summed E-state index contributed by atoms with van der Waals surface area (Å²) >= 11 is 0. The van der Waals surface area contributed by atoms with Gasteiger partial charge in [-0.05, 0) is 63.3 Å². The summed E-state index contributed by atoms with van der Waals surface area (Å²) in [6.45, 7) is 3.68. The molecule has 1 saturated heterocycles. The van der Waals surface area contributed by atoms with Crippen LogP contribution in [-0.4, -0.2) is 73.5 Å². The molecule has 0 aliphatic carbocycles. The van der Waals surface area contributed by atoms with E-state index in [4.69, 9.17) is 9.47 Å². The van der Waals surface area contributed by atoms with Crippen LogP contribution in [0.5, 0.6) is 5.75 Å². The summed E-state index contributed by atoms with van der Waals surface area (Å²) in [6.07, 6.45) is 2.54. The van der Waals surface area contributed by atoms with E-state index >= 15 is 0 Å². The van der Waals surface area contributed by atoms with Crippen molar-refractivity contribution in [3.8, 4) is 5.75 Å². The van der Waals surface area contributed by atoms with Crippen LogP contribution in [-0.2, 0) is 14.3 Å². The maximum absolute atomic E-state index is 13.2. The van der Waals surface area contributed by atoms with Gasteiger partial charge in [0.25, 0.3) is 11.7 Å². The van der Waals surface area contributed by atoms with E-state index in [1.54, 1.807) is 48.5 Å². The number of aliphatic hydroxyl groups excluding tert-OH is 1. The van der Waals surface area contributed by atoms with Gasteiger partial charge in [-0.1, -0.05) is 37.6 Å². The van der Waals surface area contributed by atoms with Crippen molar-refractivity contribution in [1.29, 1.82) is 0 Å². The SMILES string of the molecule is CCCCOc1cccc(C(O)=C2C(=O)C(=O)N(CCCN(C)C)C2c2ccc(C(=O)OC)cc2)c1. The molecule has 1 aliphatic rings. The predicted octanol–water partition coefficient (Wildman–Crippen LogP) is 4.03. The van der Waals surface area contributed by atoms with Gasteiger partial charge in [0.2, 0.25) is 0 Å². The number of benzene rings is 2. The van der Waals surface area contributed by atoms with Crippen LogP contribution < -0.4 is 4.74 Å². The monoisotopic (exact) mass is 494 g/mol. The van der Waals surface area contributed by atoms with Gasteiger partial charge >= 0.3 is 5.97 Å². The van der Waals surface area contributed by atoms with Crippen molar-refractivity contribution >= 4 is 23.4 Å². The number of hydrogen-bond donors (Lipinski definition) is 1. The molecule has 1 amide bonds. The van der Waals surface area contributed by atoms with Crippen LogP contribution in [0.4, 0.5) is 0 Å². The zero-order valence-electron chi connectivity index (χ0n) is 21.3. The average Bonchev–Trinajstić information content (AvgIpc) is 3.13.